The van der Waals surface area contributed by atoms with Crippen molar-refractivity contribution in [1.82, 2.24) is 4.98 Å². The van der Waals surface area contributed by atoms with E-state index in [1.165, 1.54) is 5.56 Å². The van der Waals surface area contributed by atoms with Gasteiger partial charge in [0.05, 0.1) is 38.1 Å². The third kappa shape index (κ3) is 4.69. The fourth-order valence-corrected chi connectivity index (χ4v) is 5.31. The topological polar surface area (TPSA) is 92.9 Å². The Morgan fingerprint density at radius 3 is 2.72 bits per heavy atom. The van der Waals surface area contributed by atoms with Crippen molar-refractivity contribution >= 4 is 16.8 Å². The molecule has 5 rings (SSSR count). The van der Waals surface area contributed by atoms with Gasteiger partial charge in [-0.15, -0.1) is 0 Å². The summed E-state index contributed by atoms with van der Waals surface area (Å²) in [5.74, 6) is 2.61. The maximum Gasteiger partial charge on any atom is 0.220 e. The number of benzene rings is 1. The highest BCUT2D eigenvalue weighted by Crippen LogP contribution is 2.41. The van der Waals surface area contributed by atoms with E-state index < -0.39 is 0 Å². The van der Waals surface area contributed by atoms with Crippen molar-refractivity contribution in [2.45, 2.75) is 51.2 Å². The molecule has 1 saturated carbocycles. The first-order chi connectivity index (χ1) is 15.7. The lowest BCUT2D eigenvalue weighted by molar-refractivity contribution is -0.183. The van der Waals surface area contributed by atoms with E-state index >= 15 is 0 Å². The van der Waals surface area contributed by atoms with Gasteiger partial charge in [0.25, 0.3) is 0 Å². The molecule has 1 aliphatic carbocycles. The molecule has 1 atom stereocenters. The first-order valence-electron chi connectivity index (χ1n) is 11.9. The van der Waals surface area contributed by atoms with Gasteiger partial charge in [0, 0.05) is 23.3 Å². The first kappa shape index (κ1) is 21.5. The summed E-state index contributed by atoms with van der Waals surface area (Å²) in [4.78, 5) is 16.1. The van der Waals surface area contributed by atoms with E-state index in [9.17, 15) is 4.79 Å². The Morgan fingerprint density at radius 1 is 1.12 bits per heavy atom. The number of pyridine rings is 1. The zero-order valence-electron chi connectivity index (χ0n) is 18.5. The highest BCUT2D eigenvalue weighted by molar-refractivity contribution is 5.85. The predicted octanol–water partition coefficient (Wildman–Crippen LogP) is 3.61. The molecule has 1 amide bonds. The normalized spacial score (nSPS) is 26.3. The molecule has 7 heteroatoms. The molecule has 3 aliphatic rings. The predicted molar refractivity (Wildman–Crippen MR) is 119 cm³/mol. The Balaban J connectivity index is 1.27. The Labute approximate surface area is 188 Å². The molecule has 2 fully saturated rings. The molecule has 0 bridgehead atoms. The van der Waals surface area contributed by atoms with Crippen molar-refractivity contribution < 1.29 is 23.7 Å². The molecule has 1 aromatic carbocycles. The van der Waals surface area contributed by atoms with Crippen LogP contribution in [0.15, 0.2) is 24.4 Å². The monoisotopic (exact) mass is 440 g/mol. The molecule has 1 unspecified atom stereocenters. The summed E-state index contributed by atoms with van der Waals surface area (Å²) in [6.07, 6.45) is 8.18. The van der Waals surface area contributed by atoms with Crippen LogP contribution in [0.4, 0.5) is 0 Å². The molecule has 1 saturated heterocycles. The molecule has 1 aromatic heterocycles. The number of rotatable bonds is 6. The van der Waals surface area contributed by atoms with E-state index in [4.69, 9.17) is 24.7 Å². The average Bonchev–Trinajstić information content (AvgIpc) is 2.84. The Morgan fingerprint density at radius 2 is 1.94 bits per heavy atom. The minimum atomic E-state index is -0.169. The standard InChI is InChI=1S/C25H32N2O5/c26-25(28)17-4-2-16(3-5-17)18-12-21-20-13-19(29-11-8-24-30-9-1-10-31-24)6-7-22(20)27-14-23(21)32-15-18/h6-7,13-14,16-18,24H,1-5,8-12,15H2,(H2,26,28). The van der Waals surface area contributed by atoms with E-state index in [0.29, 0.717) is 31.5 Å². The number of nitrogens with two attached hydrogens (primary N) is 1. The number of carbonyl (C=O) groups is 1. The van der Waals surface area contributed by atoms with E-state index in [1.807, 2.05) is 18.3 Å². The fourth-order valence-electron chi connectivity index (χ4n) is 5.31. The van der Waals surface area contributed by atoms with Crippen LogP contribution in [-0.4, -0.2) is 43.6 Å². The Bertz CT molecular complexity index is 951. The van der Waals surface area contributed by atoms with E-state index in [-0.39, 0.29) is 18.1 Å². The first-order valence-corrected chi connectivity index (χ1v) is 11.9. The quantitative estimate of drug-likeness (QED) is 0.738. The molecule has 0 spiro atoms. The molecule has 32 heavy (non-hydrogen) atoms. The summed E-state index contributed by atoms with van der Waals surface area (Å²) in [7, 11) is 0. The second-order valence-corrected chi connectivity index (χ2v) is 9.23. The number of hydrogen-bond acceptors (Lipinski definition) is 6. The SMILES string of the molecule is NC(=O)C1CCC(C2COc3cnc4ccc(OCCC5OCCCO5)cc4c3C2)CC1. The Hall–Kier alpha value is -2.38. The molecular weight excluding hydrogens is 408 g/mol. The summed E-state index contributed by atoms with van der Waals surface area (Å²) in [5, 5.41) is 1.10. The molecule has 2 aromatic rings. The van der Waals surface area contributed by atoms with Crippen molar-refractivity contribution in [2.75, 3.05) is 26.4 Å². The molecule has 7 nitrogen and oxygen atoms in total. The summed E-state index contributed by atoms with van der Waals surface area (Å²) in [6, 6.07) is 6.07. The van der Waals surface area contributed by atoms with Crippen LogP contribution in [0.1, 0.15) is 44.1 Å². The highest BCUT2D eigenvalue weighted by atomic mass is 16.7. The summed E-state index contributed by atoms with van der Waals surface area (Å²) < 4.78 is 23.3. The van der Waals surface area contributed by atoms with Crippen LogP contribution in [-0.2, 0) is 20.7 Å². The molecule has 2 N–H and O–H groups in total. The van der Waals surface area contributed by atoms with Crippen molar-refractivity contribution in [3.05, 3.63) is 30.0 Å². The molecular formula is C25H32N2O5. The van der Waals surface area contributed by atoms with Crippen molar-refractivity contribution in [1.29, 1.82) is 0 Å². The minimum Gasteiger partial charge on any atom is -0.493 e. The van der Waals surface area contributed by atoms with E-state index in [0.717, 1.165) is 74.1 Å². The summed E-state index contributed by atoms with van der Waals surface area (Å²) in [6.45, 7) is 2.76. The summed E-state index contributed by atoms with van der Waals surface area (Å²) in [5.41, 5.74) is 7.68. The second-order valence-electron chi connectivity index (χ2n) is 9.23. The van der Waals surface area contributed by atoms with Gasteiger partial charge in [-0.1, -0.05) is 0 Å². The zero-order chi connectivity index (χ0) is 21.9. The number of aromatic nitrogens is 1. The number of carbonyl (C=O) groups excluding carboxylic acids is 1. The minimum absolute atomic E-state index is 0.0391. The average molecular weight is 441 g/mol. The van der Waals surface area contributed by atoms with Gasteiger partial charge in [-0.3, -0.25) is 9.78 Å². The van der Waals surface area contributed by atoms with Crippen LogP contribution in [0.5, 0.6) is 11.5 Å². The van der Waals surface area contributed by atoms with E-state index in [2.05, 4.69) is 11.1 Å². The number of primary amides is 1. The van der Waals surface area contributed by atoms with Crippen molar-refractivity contribution in [2.24, 2.45) is 23.5 Å². The fraction of sp³-hybridized carbons (Fsp3) is 0.600. The molecule has 172 valence electrons. The van der Waals surface area contributed by atoms with Gasteiger partial charge >= 0.3 is 0 Å². The maximum absolute atomic E-state index is 11.5. The maximum atomic E-state index is 11.5. The van der Waals surface area contributed by atoms with Crippen LogP contribution in [0.2, 0.25) is 0 Å². The van der Waals surface area contributed by atoms with Gasteiger partial charge in [-0.05, 0) is 68.6 Å². The third-order valence-electron chi connectivity index (χ3n) is 7.19. The lowest BCUT2D eigenvalue weighted by Gasteiger charge is -2.35. The number of hydrogen-bond donors (Lipinski definition) is 1. The highest BCUT2D eigenvalue weighted by Gasteiger charge is 2.33. The molecule has 0 radical (unpaired) electrons. The van der Waals surface area contributed by atoms with Gasteiger partial charge in [-0.2, -0.15) is 0 Å². The lowest BCUT2D eigenvalue weighted by atomic mass is 9.73. The van der Waals surface area contributed by atoms with Gasteiger partial charge in [0.15, 0.2) is 6.29 Å². The van der Waals surface area contributed by atoms with Gasteiger partial charge in [0.2, 0.25) is 5.91 Å². The van der Waals surface area contributed by atoms with Gasteiger partial charge < -0.3 is 24.7 Å². The molecule has 3 heterocycles. The second kappa shape index (κ2) is 9.63. The van der Waals surface area contributed by atoms with Gasteiger partial charge in [0.1, 0.15) is 11.5 Å². The third-order valence-corrected chi connectivity index (χ3v) is 7.19. The number of amides is 1. The number of fused-ring (bicyclic) bond motifs is 3. The van der Waals surface area contributed by atoms with Crippen LogP contribution in [0.3, 0.4) is 0 Å². The number of nitrogens with zero attached hydrogens (tertiary/aromatic N) is 1. The largest absolute Gasteiger partial charge is 0.493 e. The van der Waals surface area contributed by atoms with Crippen LogP contribution in [0.25, 0.3) is 10.9 Å². The van der Waals surface area contributed by atoms with Crippen LogP contribution >= 0.6 is 0 Å². The number of ether oxygens (including phenoxy) is 4. The van der Waals surface area contributed by atoms with Crippen LogP contribution < -0.4 is 15.2 Å². The van der Waals surface area contributed by atoms with Gasteiger partial charge in [-0.25, -0.2) is 0 Å². The summed E-state index contributed by atoms with van der Waals surface area (Å²) >= 11 is 0. The smallest absolute Gasteiger partial charge is 0.220 e. The van der Waals surface area contributed by atoms with Crippen molar-refractivity contribution in [3.8, 4) is 11.5 Å². The van der Waals surface area contributed by atoms with E-state index in [1.54, 1.807) is 0 Å². The Kier molecular flexibility index (Phi) is 6.46. The van der Waals surface area contributed by atoms with Crippen molar-refractivity contribution in [3.63, 3.8) is 0 Å². The lowest BCUT2D eigenvalue weighted by Crippen LogP contribution is -2.34. The van der Waals surface area contributed by atoms with Crippen LogP contribution in [0, 0.1) is 17.8 Å². The molecule has 2 aliphatic heterocycles. The zero-order valence-corrected chi connectivity index (χ0v) is 18.5.